The highest BCUT2D eigenvalue weighted by Crippen LogP contribution is 2.33. The Morgan fingerprint density at radius 3 is 2.05 bits per heavy atom. The van der Waals surface area contributed by atoms with E-state index in [4.69, 9.17) is 0 Å². The van der Waals surface area contributed by atoms with Crippen LogP contribution in [0.4, 0.5) is 0 Å². The highest BCUT2D eigenvalue weighted by molar-refractivity contribution is 6.20. The smallest absolute Gasteiger partial charge is 0.179 e. The zero-order valence-corrected chi connectivity index (χ0v) is 10.3. The fraction of sp³-hybridized carbons (Fsp3) is 0. The minimum absolute atomic E-state index is 0.0629. The van der Waals surface area contributed by atoms with Crippen molar-refractivity contribution in [2.45, 2.75) is 0 Å². The van der Waals surface area contributed by atoms with Crippen LogP contribution in [0.1, 0.15) is 0 Å². The van der Waals surface area contributed by atoms with Crippen molar-refractivity contribution in [1.29, 1.82) is 0 Å². The molecule has 0 unspecified atom stereocenters. The maximum Gasteiger partial charge on any atom is 0.179 e. The van der Waals surface area contributed by atoms with Crippen molar-refractivity contribution in [3.63, 3.8) is 0 Å². The normalized spacial score (nSPS) is 11.4. The van der Waals surface area contributed by atoms with Crippen LogP contribution in [0.3, 0.4) is 0 Å². The van der Waals surface area contributed by atoms with Gasteiger partial charge in [-0.2, -0.15) is 0 Å². The second-order valence-electron chi connectivity index (χ2n) is 4.83. The number of rotatable bonds is 0. The van der Waals surface area contributed by atoms with Gasteiger partial charge in [-0.05, 0) is 44.5 Å². The van der Waals surface area contributed by atoms with Crippen LogP contribution >= 0.6 is 0 Å². The number of hydrogen-bond donors (Lipinski definition) is 0. The lowest BCUT2D eigenvalue weighted by Gasteiger charge is -2.07. The van der Waals surface area contributed by atoms with E-state index in [9.17, 15) is 5.11 Å². The van der Waals surface area contributed by atoms with E-state index in [0.29, 0.717) is 0 Å². The van der Waals surface area contributed by atoms with Crippen LogP contribution in [0, 0.1) is 0 Å². The Bertz CT molecular complexity index is 917. The summed E-state index contributed by atoms with van der Waals surface area (Å²) in [6.45, 7) is 0. The molecule has 0 aliphatic heterocycles. The summed E-state index contributed by atoms with van der Waals surface area (Å²) in [4.78, 5) is 0. The zero-order chi connectivity index (χ0) is 12.8. The van der Waals surface area contributed by atoms with Crippen LogP contribution in [-0.2, 0) is 5.11 Å². The van der Waals surface area contributed by atoms with Gasteiger partial charge in [0.15, 0.2) is 5.75 Å². The third kappa shape index (κ3) is 1.48. The minimum Gasteiger partial charge on any atom is -0.290 e. The summed E-state index contributed by atoms with van der Waals surface area (Å²) in [5.41, 5.74) is 0. The molecule has 1 nitrogen and oxygen atoms in total. The molecule has 0 aliphatic carbocycles. The Morgan fingerprint density at radius 2 is 1.21 bits per heavy atom. The summed E-state index contributed by atoms with van der Waals surface area (Å²) in [5.74, 6) is 0.0629. The van der Waals surface area contributed by atoms with Crippen molar-refractivity contribution in [1.82, 2.24) is 0 Å². The highest BCUT2D eigenvalue weighted by atomic mass is 16.3. The molecular formula is C18H11O. The van der Waals surface area contributed by atoms with Crippen LogP contribution in [-0.4, -0.2) is 0 Å². The van der Waals surface area contributed by atoms with E-state index in [1.54, 1.807) is 12.1 Å². The first-order valence-electron chi connectivity index (χ1n) is 6.34. The average molecular weight is 243 g/mol. The van der Waals surface area contributed by atoms with E-state index in [0.717, 1.165) is 10.8 Å². The fourth-order valence-electron chi connectivity index (χ4n) is 2.80. The van der Waals surface area contributed by atoms with Gasteiger partial charge in [0.25, 0.3) is 0 Å². The van der Waals surface area contributed by atoms with Gasteiger partial charge in [0.1, 0.15) is 0 Å². The average Bonchev–Trinajstić information content (AvgIpc) is 2.46. The maximum atomic E-state index is 11.7. The Balaban J connectivity index is 2.36. The molecule has 0 aromatic heterocycles. The predicted octanol–water partition coefficient (Wildman–Crippen LogP) is 5.29. The highest BCUT2D eigenvalue weighted by Gasteiger charge is 2.06. The van der Waals surface area contributed by atoms with Crippen molar-refractivity contribution >= 4 is 32.3 Å². The van der Waals surface area contributed by atoms with Crippen molar-refractivity contribution in [3.05, 3.63) is 66.7 Å². The van der Waals surface area contributed by atoms with E-state index in [2.05, 4.69) is 36.4 Å². The molecule has 4 rings (SSSR count). The van der Waals surface area contributed by atoms with Gasteiger partial charge in [-0.3, -0.25) is 5.11 Å². The van der Waals surface area contributed by atoms with Crippen LogP contribution in [0.15, 0.2) is 66.7 Å². The van der Waals surface area contributed by atoms with E-state index < -0.39 is 0 Å². The molecule has 89 valence electrons. The monoisotopic (exact) mass is 243 g/mol. The summed E-state index contributed by atoms with van der Waals surface area (Å²) in [5, 5.41) is 18.6. The third-order valence-corrected chi connectivity index (χ3v) is 3.70. The lowest BCUT2D eigenvalue weighted by molar-refractivity contribution is 0.355. The van der Waals surface area contributed by atoms with Crippen LogP contribution < -0.4 is 0 Å². The van der Waals surface area contributed by atoms with E-state index in [-0.39, 0.29) is 5.75 Å². The molecular weight excluding hydrogens is 232 g/mol. The minimum atomic E-state index is 0.0629. The molecule has 0 heterocycles. The molecule has 0 saturated heterocycles. The van der Waals surface area contributed by atoms with Crippen LogP contribution in [0.5, 0.6) is 5.75 Å². The number of fused-ring (bicyclic) bond motifs is 5. The second kappa shape index (κ2) is 3.72. The first kappa shape index (κ1) is 10.4. The van der Waals surface area contributed by atoms with Gasteiger partial charge in [-0.25, -0.2) is 0 Å². The quantitative estimate of drug-likeness (QED) is 0.374. The van der Waals surface area contributed by atoms with Crippen LogP contribution in [0.25, 0.3) is 32.3 Å². The molecule has 0 spiro atoms. The standard InChI is InChI=1S/C18H11O/c19-15-10-9-13-6-8-14-7-5-12-3-1-2-4-16(12)18(14)17(13)11-15/h1-11H. The van der Waals surface area contributed by atoms with Crippen molar-refractivity contribution in [2.75, 3.05) is 0 Å². The first-order chi connectivity index (χ1) is 9.33. The van der Waals surface area contributed by atoms with Gasteiger partial charge < -0.3 is 0 Å². The summed E-state index contributed by atoms with van der Waals surface area (Å²) < 4.78 is 0. The van der Waals surface area contributed by atoms with Crippen molar-refractivity contribution in [3.8, 4) is 5.75 Å². The van der Waals surface area contributed by atoms with Gasteiger partial charge in [0, 0.05) is 0 Å². The molecule has 19 heavy (non-hydrogen) atoms. The summed E-state index contributed by atoms with van der Waals surface area (Å²) in [6.07, 6.45) is 0. The predicted molar refractivity (Wildman–Crippen MR) is 79.1 cm³/mol. The van der Waals surface area contributed by atoms with Crippen molar-refractivity contribution in [2.24, 2.45) is 0 Å². The Morgan fingerprint density at radius 1 is 0.579 bits per heavy atom. The van der Waals surface area contributed by atoms with Gasteiger partial charge in [-0.1, -0.05) is 54.6 Å². The Kier molecular flexibility index (Phi) is 2.04. The largest absolute Gasteiger partial charge is 0.290 e. The lowest BCUT2D eigenvalue weighted by atomic mass is 9.96. The molecule has 0 fully saturated rings. The van der Waals surface area contributed by atoms with E-state index in [1.165, 1.54) is 21.5 Å². The number of benzene rings is 4. The Hall–Kier alpha value is -2.54. The molecule has 0 saturated carbocycles. The Labute approximate surface area is 110 Å². The molecule has 0 atom stereocenters. The molecule has 0 amide bonds. The summed E-state index contributed by atoms with van der Waals surface area (Å²) in [7, 11) is 0. The van der Waals surface area contributed by atoms with E-state index >= 15 is 0 Å². The van der Waals surface area contributed by atoms with Crippen molar-refractivity contribution < 1.29 is 5.11 Å². The topological polar surface area (TPSA) is 19.9 Å². The van der Waals surface area contributed by atoms with Gasteiger partial charge in [0.05, 0.1) is 0 Å². The zero-order valence-electron chi connectivity index (χ0n) is 10.3. The number of hydrogen-bond acceptors (Lipinski definition) is 0. The molecule has 4 aromatic carbocycles. The van der Waals surface area contributed by atoms with Crippen LogP contribution in [0.2, 0.25) is 0 Å². The van der Waals surface area contributed by atoms with E-state index in [1.807, 2.05) is 18.2 Å². The first-order valence-corrected chi connectivity index (χ1v) is 6.34. The summed E-state index contributed by atoms with van der Waals surface area (Å²) >= 11 is 0. The van der Waals surface area contributed by atoms with Gasteiger partial charge >= 0.3 is 0 Å². The van der Waals surface area contributed by atoms with Gasteiger partial charge in [0.2, 0.25) is 0 Å². The molecule has 1 radical (unpaired) electrons. The summed E-state index contributed by atoms with van der Waals surface area (Å²) in [6, 6.07) is 22.0. The molecule has 1 heteroatoms. The lowest BCUT2D eigenvalue weighted by Crippen LogP contribution is -1.80. The maximum absolute atomic E-state index is 11.7. The fourth-order valence-corrected chi connectivity index (χ4v) is 2.80. The molecule has 0 bridgehead atoms. The third-order valence-electron chi connectivity index (χ3n) is 3.70. The van der Waals surface area contributed by atoms with Gasteiger partial charge in [-0.15, -0.1) is 0 Å². The second-order valence-corrected chi connectivity index (χ2v) is 4.83. The molecule has 0 N–H and O–H groups in total. The SMILES string of the molecule is [O]c1ccc2ccc3ccc4ccccc4c3c2c1. The molecule has 0 aliphatic rings. The molecule has 4 aromatic rings.